The van der Waals surface area contributed by atoms with E-state index in [9.17, 15) is 14.4 Å². The Morgan fingerprint density at radius 2 is 1.51 bits per heavy atom. The molecule has 7 rings (SSSR count). The lowest BCUT2D eigenvalue weighted by Gasteiger charge is -2.29. The van der Waals surface area contributed by atoms with Crippen molar-refractivity contribution in [2.45, 2.75) is 38.5 Å². The van der Waals surface area contributed by atoms with Crippen LogP contribution in [0.4, 0.5) is 0 Å². The number of fused-ring (bicyclic) bond motifs is 2. The molecule has 7 nitrogen and oxygen atoms in total. The Hall–Kier alpha value is -3.52. The van der Waals surface area contributed by atoms with E-state index in [1.807, 2.05) is 18.2 Å². The second kappa shape index (κ2) is 10.7. The van der Waals surface area contributed by atoms with Crippen molar-refractivity contribution in [1.82, 2.24) is 20.0 Å². The van der Waals surface area contributed by atoms with Crippen LogP contribution in [0.3, 0.4) is 0 Å². The van der Waals surface area contributed by atoms with Crippen LogP contribution < -0.4 is 5.32 Å². The van der Waals surface area contributed by atoms with Gasteiger partial charge in [-0.1, -0.05) is 60.1 Å². The molecule has 0 aliphatic carbocycles. The maximum atomic E-state index is 13.0. The van der Waals surface area contributed by atoms with Crippen LogP contribution in [-0.2, 0) is 29.2 Å². The first kappa shape index (κ1) is 26.4. The lowest BCUT2D eigenvalue weighted by atomic mass is 9.99. The third kappa shape index (κ3) is 5.18. The molecular weight excluding hydrogens is 536 g/mol. The quantitative estimate of drug-likeness (QED) is 0.448. The largest absolute Gasteiger partial charge is 0.322 e. The maximum Gasteiger partial charge on any atom is 0.255 e. The first-order valence-corrected chi connectivity index (χ1v) is 14.8. The second-order valence-electron chi connectivity index (χ2n) is 12.0. The molecule has 0 bridgehead atoms. The predicted molar refractivity (Wildman–Crippen MR) is 157 cm³/mol. The molecule has 3 amide bonds. The Balaban J connectivity index is 0.961. The molecule has 3 aromatic rings. The van der Waals surface area contributed by atoms with E-state index < -0.39 is 6.04 Å². The first-order valence-electron chi connectivity index (χ1n) is 14.5. The van der Waals surface area contributed by atoms with E-state index in [0.29, 0.717) is 30.4 Å². The fourth-order valence-electron chi connectivity index (χ4n) is 7.24. The summed E-state index contributed by atoms with van der Waals surface area (Å²) in [5, 5.41) is 3.13. The number of amides is 3. The number of piperidine rings is 1. The van der Waals surface area contributed by atoms with Gasteiger partial charge in [-0.05, 0) is 64.3 Å². The normalized spacial score (nSPS) is 24.6. The highest BCUT2D eigenvalue weighted by atomic mass is 35.5. The van der Waals surface area contributed by atoms with Gasteiger partial charge in [0.25, 0.3) is 5.91 Å². The van der Waals surface area contributed by atoms with E-state index >= 15 is 0 Å². The third-order valence-electron chi connectivity index (χ3n) is 9.20. The van der Waals surface area contributed by atoms with Gasteiger partial charge >= 0.3 is 0 Å². The number of hydrogen-bond donors (Lipinski definition) is 1. The number of imide groups is 1. The zero-order chi connectivity index (χ0) is 28.1. The first-order chi connectivity index (χ1) is 19.9. The van der Waals surface area contributed by atoms with Gasteiger partial charge in [0.2, 0.25) is 11.8 Å². The molecule has 4 aliphatic heterocycles. The average Bonchev–Trinajstić information content (AvgIpc) is 3.60. The average molecular weight is 569 g/mol. The van der Waals surface area contributed by atoms with Crippen LogP contribution in [-0.4, -0.2) is 64.6 Å². The smallest absolute Gasteiger partial charge is 0.255 e. The monoisotopic (exact) mass is 568 g/mol. The van der Waals surface area contributed by atoms with E-state index in [1.54, 1.807) is 4.90 Å². The van der Waals surface area contributed by atoms with E-state index in [2.05, 4.69) is 63.6 Å². The van der Waals surface area contributed by atoms with Crippen LogP contribution in [0, 0.1) is 11.8 Å². The fourth-order valence-corrected chi connectivity index (χ4v) is 7.37. The number of nitrogens with zero attached hydrogens (tertiary/aromatic N) is 3. The van der Waals surface area contributed by atoms with Crippen molar-refractivity contribution in [1.29, 1.82) is 0 Å². The van der Waals surface area contributed by atoms with Crippen molar-refractivity contribution in [2.24, 2.45) is 11.8 Å². The molecule has 3 atom stereocenters. The summed E-state index contributed by atoms with van der Waals surface area (Å²) in [6, 6.07) is 22.3. The van der Waals surface area contributed by atoms with E-state index in [-0.39, 0.29) is 24.1 Å². The summed E-state index contributed by atoms with van der Waals surface area (Å²) in [4.78, 5) is 43.7. The Labute approximate surface area is 245 Å². The third-order valence-corrected chi connectivity index (χ3v) is 9.45. The number of nitrogens with one attached hydrogen (secondary N) is 1. The van der Waals surface area contributed by atoms with Gasteiger partial charge in [-0.25, -0.2) is 0 Å². The summed E-state index contributed by atoms with van der Waals surface area (Å²) >= 11 is 6.12. The number of rotatable bonds is 6. The molecule has 0 radical (unpaired) electrons. The topological polar surface area (TPSA) is 73.0 Å². The standard InChI is InChI=1S/C33H33ClN4O3/c34-27-8-6-22(7-9-27)28-4-2-1-3-23(28)15-37-18-25-16-36(17-26(25)19-37)14-21-5-10-29-24(13-21)20-38(33(29)41)30-11-12-31(39)35-32(30)40/h1-10,13,25-26,30H,11-12,14-20H2,(H,35,39,40). The summed E-state index contributed by atoms with van der Waals surface area (Å²) < 4.78 is 0. The lowest BCUT2D eigenvalue weighted by Crippen LogP contribution is -2.52. The molecule has 4 aliphatic rings. The molecule has 41 heavy (non-hydrogen) atoms. The maximum absolute atomic E-state index is 13.0. The van der Waals surface area contributed by atoms with Crippen molar-refractivity contribution in [3.8, 4) is 11.1 Å². The molecule has 8 heteroatoms. The van der Waals surface area contributed by atoms with Gasteiger partial charge in [-0.2, -0.15) is 0 Å². The van der Waals surface area contributed by atoms with Crippen molar-refractivity contribution in [3.63, 3.8) is 0 Å². The predicted octanol–water partition coefficient (Wildman–Crippen LogP) is 4.33. The van der Waals surface area contributed by atoms with E-state index in [1.165, 1.54) is 22.3 Å². The minimum Gasteiger partial charge on any atom is -0.322 e. The van der Waals surface area contributed by atoms with E-state index in [0.717, 1.165) is 49.9 Å². The van der Waals surface area contributed by atoms with Crippen LogP contribution in [0.25, 0.3) is 11.1 Å². The number of benzene rings is 3. The summed E-state index contributed by atoms with van der Waals surface area (Å²) in [6.07, 6.45) is 0.656. The van der Waals surface area contributed by atoms with Gasteiger partial charge in [0.1, 0.15) is 6.04 Å². The van der Waals surface area contributed by atoms with Gasteiger partial charge in [0.05, 0.1) is 0 Å². The highest BCUT2D eigenvalue weighted by Crippen LogP contribution is 2.35. The van der Waals surface area contributed by atoms with Crippen LogP contribution in [0.2, 0.25) is 5.02 Å². The molecule has 0 saturated carbocycles. The molecule has 3 saturated heterocycles. The van der Waals surface area contributed by atoms with Crippen LogP contribution >= 0.6 is 11.6 Å². The molecule has 1 N–H and O–H groups in total. The molecule has 210 valence electrons. The van der Waals surface area contributed by atoms with Crippen molar-refractivity contribution < 1.29 is 14.4 Å². The number of carbonyl (C=O) groups excluding carboxylic acids is 3. The SMILES string of the molecule is O=C1CCC(N2Cc3cc(CN4CC5CN(Cc6ccccc6-c6ccc(Cl)cc6)CC5C4)ccc3C2=O)C(=O)N1. The van der Waals surface area contributed by atoms with Crippen molar-refractivity contribution >= 4 is 29.3 Å². The molecule has 4 heterocycles. The Bertz CT molecular complexity index is 1510. The van der Waals surface area contributed by atoms with Crippen LogP contribution in [0.1, 0.15) is 39.9 Å². The van der Waals surface area contributed by atoms with Crippen LogP contribution in [0.5, 0.6) is 0 Å². The Morgan fingerprint density at radius 1 is 0.805 bits per heavy atom. The zero-order valence-electron chi connectivity index (χ0n) is 22.9. The lowest BCUT2D eigenvalue weighted by molar-refractivity contribution is -0.136. The van der Waals surface area contributed by atoms with Crippen molar-refractivity contribution in [3.05, 3.63) is 94.0 Å². The molecule has 0 aromatic heterocycles. The Kier molecular flexibility index (Phi) is 6.89. The molecule has 3 fully saturated rings. The fraction of sp³-hybridized carbons (Fsp3) is 0.364. The minimum absolute atomic E-state index is 0.116. The van der Waals surface area contributed by atoms with Crippen molar-refractivity contribution in [2.75, 3.05) is 26.2 Å². The zero-order valence-corrected chi connectivity index (χ0v) is 23.6. The van der Waals surface area contributed by atoms with Gasteiger partial charge < -0.3 is 4.90 Å². The second-order valence-corrected chi connectivity index (χ2v) is 12.4. The molecule has 0 spiro atoms. The molecular formula is C33H33ClN4O3. The van der Waals surface area contributed by atoms with Gasteiger partial charge in [-0.3, -0.25) is 29.5 Å². The highest BCUT2D eigenvalue weighted by molar-refractivity contribution is 6.30. The number of likely N-dealkylation sites (tertiary alicyclic amines) is 2. The van der Waals surface area contributed by atoms with Crippen LogP contribution in [0.15, 0.2) is 66.7 Å². The van der Waals surface area contributed by atoms with Gasteiger partial charge in [0, 0.05) is 62.8 Å². The van der Waals surface area contributed by atoms with Gasteiger partial charge in [-0.15, -0.1) is 0 Å². The Morgan fingerprint density at radius 3 is 2.24 bits per heavy atom. The number of hydrogen-bond acceptors (Lipinski definition) is 5. The highest BCUT2D eigenvalue weighted by Gasteiger charge is 2.41. The number of carbonyl (C=O) groups is 3. The summed E-state index contributed by atoms with van der Waals surface area (Å²) in [5.41, 5.74) is 6.68. The molecule has 3 aromatic carbocycles. The summed E-state index contributed by atoms with van der Waals surface area (Å²) in [5.74, 6) is 0.579. The summed E-state index contributed by atoms with van der Waals surface area (Å²) in [6.45, 7) is 6.62. The number of halogens is 1. The minimum atomic E-state index is -0.574. The molecule has 3 unspecified atom stereocenters. The van der Waals surface area contributed by atoms with E-state index in [4.69, 9.17) is 11.6 Å². The van der Waals surface area contributed by atoms with Gasteiger partial charge in [0.15, 0.2) is 0 Å². The summed E-state index contributed by atoms with van der Waals surface area (Å²) in [7, 11) is 0.